The van der Waals surface area contributed by atoms with Crippen molar-refractivity contribution in [1.29, 1.82) is 0 Å². The van der Waals surface area contributed by atoms with Gasteiger partial charge in [0.15, 0.2) is 11.5 Å². The number of fused-ring (bicyclic) bond motifs is 1. The van der Waals surface area contributed by atoms with Gasteiger partial charge in [-0.05, 0) is 55.2 Å². The van der Waals surface area contributed by atoms with Crippen LogP contribution in [0.2, 0.25) is 0 Å². The number of carbonyl (C=O) groups is 1. The van der Waals surface area contributed by atoms with Crippen molar-refractivity contribution in [2.24, 2.45) is 5.73 Å². The minimum absolute atomic E-state index is 0.253. The average molecular weight is 469 g/mol. The number of carbonyl (C=O) groups excluding carboxylic acids is 1. The molecule has 5 nitrogen and oxygen atoms in total. The van der Waals surface area contributed by atoms with E-state index in [-0.39, 0.29) is 6.79 Å². The molecular formula is C24H25BrN2O3. The van der Waals surface area contributed by atoms with E-state index in [0.29, 0.717) is 12.1 Å². The van der Waals surface area contributed by atoms with Crippen molar-refractivity contribution >= 4 is 21.8 Å². The summed E-state index contributed by atoms with van der Waals surface area (Å²) in [5.41, 5.74) is 11.5. The molecule has 1 amide bonds. The molecule has 6 heteroatoms. The van der Waals surface area contributed by atoms with Crippen molar-refractivity contribution in [3.63, 3.8) is 0 Å². The number of hydrogen-bond acceptors (Lipinski definition) is 3. The van der Waals surface area contributed by atoms with Gasteiger partial charge < -0.3 is 19.8 Å². The second-order valence-electron chi connectivity index (χ2n) is 7.53. The largest absolute Gasteiger partial charge is 0.454 e. The van der Waals surface area contributed by atoms with Crippen LogP contribution < -0.4 is 15.2 Å². The number of nitrogens with two attached hydrogens (primary N) is 1. The number of hydrogen-bond donors (Lipinski definition) is 1. The molecule has 1 aliphatic heterocycles. The molecule has 2 N–H and O–H groups in total. The zero-order chi connectivity index (χ0) is 21.3. The quantitative estimate of drug-likeness (QED) is 0.501. The molecule has 0 bridgehead atoms. The van der Waals surface area contributed by atoms with Crippen LogP contribution in [0, 0.1) is 6.92 Å². The maximum Gasteiger partial charge on any atom is 0.251 e. The van der Waals surface area contributed by atoms with Gasteiger partial charge in [-0.25, -0.2) is 0 Å². The first kappa shape index (κ1) is 20.5. The summed E-state index contributed by atoms with van der Waals surface area (Å²) >= 11 is 3.50. The Hall–Kier alpha value is -2.73. The van der Waals surface area contributed by atoms with Gasteiger partial charge in [0.2, 0.25) is 6.79 Å². The van der Waals surface area contributed by atoms with Crippen molar-refractivity contribution in [2.45, 2.75) is 39.7 Å². The lowest BCUT2D eigenvalue weighted by molar-refractivity contribution is 0.1000. The summed E-state index contributed by atoms with van der Waals surface area (Å²) in [6.07, 6.45) is 2.98. The Morgan fingerprint density at radius 2 is 1.87 bits per heavy atom. The molecule has 0 saturated carbocycles. The van der Waals surface area contributed by atoms with Crippen LogP contribution in [-0.4, -0.2) is 17.3 Å². The van der Waals surface area contributed by atoms with E-state index >= 15 is 0 Å². The molecule has 0 saturated heterocycles. The number of rotatable bonds is 7. The number of aromatic nitrogens is 1. The Kier molecular flexibility index (Phi) is 5.86. The third-order valence-corrected chi connectivity index (χ3v) is 6.08. The van der Waals surface area contributed by atoms with Crippen molar-refractivity contribution in [3.8, 4) is 22.6 Å². The molecule has 0 aliphatic carbocycles. The molecule has 4 rings (SSSR count). The summed E-state index contributed by atoms with van der Waals surface area (Å²) in [6.45, 7) is 5.04. The number of benzene rings is 2. The van der Waals surface area contributed by atoms with Gasteiger partial charge in [-0.3, -0.25) is 4.79 Å². The van der Waals surface area contributed by atoms with E-state index in [0.717, 1.165) is 63.3 Å². The molecule has 156 valence electrons. The highest BCUT2D eigenvalue weighted by atomic mass is 79.9. The number of ether oxygens (including phenoxy) is 2. The van der Waals surface area contributed by atoms with E-state index in [1.165, 1.54) is 0 Å². The standard InChI is InChI=1S/C24H25BrN2O3/c1-3-4-5-19-23(17-7-9-18(25)10-8-17)22(24(26)28)15(2)27(19)13-16-6-11-20-21(12-16)30-14-29-20/h6-12H,3-5,13-14H2,1-2H3,(H2,26,28). The van der Waals surface area contributed by atoms with Crippen molar-refractivity contribution in [2.75, 3.05) is 6.79 Å². The van der Waals surface area contributed by atoms with Crippen LogP contribution in [0.3, 0.4) is 0 Å². The zero-order valence-corrected chi connectivity index (χ0v) is 18.8. The maximum atomic E-state index is 12.5. The van der Waals surface area contributed by atoms with E-state index in [4.69, 9.17) is 15.2 Å². The first-order valence-corrected chi connectivity index (χ1v) is 10.9. The van der Waals surface area contributed by atoms with Crippen molar-refractivity contribution in [1.82, 2.24) is 4.57 Å². The highest BCUT2D eigenvalue weighted by Gasteiger charge is 2.25. The summed E-state index contributed by atoms with van der Waals surface area (Å²) in [6, 6.07) is 14.0. The molecule has 1 aromatic heterocycles. The number of halogens is 1. The summed E-state index contributed by atoms with van der Waals surface area (Å²) in [5, 5.41) is 0. The zero-order valence-electron chi connectivity index (χ0n) is 17.2. The van der Waals surface area contributed by atoms with Crippen LogP contribution in [0.25, 0.3) is 11.1 Å². The number of unbranched alkanes of at least 4 members (excludes halogenated alkanes) is 1. The first-order chi connectivity index (χ1) is 14.5. The van der Waals surface area contributed by atoms with Crippen molar-refractivity contribution in [3.05, 3.63) is 69.5 Å². The highest BCUT2D eigenvalue weighted by molar-refractivity contribution is 9.10. The fourth-order valence-electron chi connectivity index (χ4n) is 4.07. The predicted molar refractivity (Wildman–Crippen MR) is 121 cm³/mol. The normalized spacial score (nSPS) is 12.4. The van der Waals surface area contributed by atoms with Gasteiger partial charge in [0.05, 0.1) is 5.56 Å². The minimum Gasteiger partial charge on any atom is -0.454 e. The second-order valence-corrected chi connectivity index (χ2v) is 8.45. The van der Waals surface area contributed by atoms with Gasteiger partial charge in [-0.1, -0.05) is 47.5 Å². The van der Waals surface area contributed by atoms with E-state index in [1.54, 1.807) is 0 Å². The Balaban J connectivity index is 1.85. The fraction of sp³-hybridized carbons (Fsp3) is 0.292. The average Bonchev–Trinajstić information content (AvgIpc) is 3.30. The third kappa shape index (κ3) is 3.84. The van der Waals surface area contributed by atoms with Gasteiger partial charge in [0.25, 0.3) is 5.91 Å². The smallest absolute Gasteiger partial charge is 0.251 e. The lowest BCUT2D eigenvalue weighted by Crippen LogP contribution is -2.13. The maximum absolute atomic E-state index is 12.5. The monoisotopic (exact) mass is 468 g/mol. The SMILES string of the molecule is CCCCc1c(-c2ccc(Br)cc2)c(C(N)=O)c(C)n1Cc1ccc2c(c1)OCO2. The van der Waals surface area contributed by atoms with Crippen molar-refractivity contribution < 1.29 is 14.3 Å². The lowest BCUT2D eigenvalue weighted by Gasteiger charge is -2.14. The first-order valence-electron chi connectivity index (χ1n) is 10.2. The number of amides is 1. The van der Waals surface area contributed by atoms with E-state index < -0.39 is 5.91 Å². The van der Waals surface area contributed by atoms with E-state index in [1.807, 2.05) is 49.4 Å². The van der Waals surface area contributed by atoms with Gasteiger partial charge in [0.1, 0.15) is 0 Å². The Bertz CT molecular complexity index is 1090. The molecule has 0 radical (unpaired) electrons. The Morgan fingerprint density at radius 1 is 1.13 bits per heavy atom. The summed E-state index contributed by atoms with van der Waals surface area (Å²) in [4.78, 5) is 12.5. The number of nitrogens with zero attached hydrogens (tertiary/aromatic N) is 1. The minimum atomic E-state index is -0.396. The van der Waals surface area contributed by atoms with Crippen LogP contribution in [0.5, 0.6) is 11.5 Å². The Labute approximate surface area is 184 Å². The highest BCUT2D eigenvalue weighted by Crippen LogP contribution is 2.37. The summed E-state index contributed by atoms with van der Waals surface area (Å²) in [5.74, 6) is 1.13. The topological polar surface area (TPSA) is 66.5 Å². The Morgan fingerprint density at radius 3 is 2.57 bits per heavy atom. The molecule has 0 spiro atoms. The number of primary amides is 1. The molecule has 0 fully saturated rings. The predicted octanol–water partition coefficient (Wildman–Crippen LogP) is 5.44. The molecule has 0 unspecified atom stereocenters. The van der Waals surface area contributed by atoms with Crippen LogP contribution in [0.1, 0.15) is 47.1 Å². The molecule has 3 aromatic rings. The van der Waals surface area contributed by atoms with Gasteiger partial charge in [0, 0.05) is 28.0 Å². The van der Waals surface area contributed by atoms with Crippen LogP contribution in [-0.2, 0) is 13.0 Å². The molecule has 2 aromatic carbocycles. The molecular weight excluding hydrogens is 444 g/mol. The van der Waals surface area contributed by atoms with E-state index in [2.05, 4.69) is 27.4 Å². The molecule has 2 heterocycles. The summed E-state index contributed by atoms with van der Waals surface area (Å²) < 4.78 is 14.2. The molecule has 1 aliphatic rings. The van der Waals surface area contributed by atoms with Gasteiger partial charge >= 0.3 is 0 Å². The fourth-order valence-corrected chi connectivity index (χ4v) is 4.33. The summed E-state index contributed by atoms with van der Waals surface area (Å²) in [7, 11) is 0. The molecule has 0 atom stereocenters. The van der Waals surface area contributed by atoms with Gasteiger partial charge in [-0.15, -0.1) is 0 Å². The molecule has 30 heavy (non-hydrogen) atoms. The third-order valence-electron chi connectivity index (χ3n) is 5.56. The van der Waals surface area contributed by atoms with Crippen LogP contribution in [0.4, 0.5) is 0 Å². The van der Waals surface area contributed by atoms with Crippen LogP contribution >= 0.6 is 15.9 Å². The van der Waals surface area contributed by atoms with Crippen LogP contribution in [0.15, 0.2) is 46.9 Å². The lowest BCUT2D eigenvalue weighted by atomic mass is 9.97. The van der Waals surface area contributed by atoms with Gasteiger partial charge in [-0.2, -0.15) is 0 Å². The van der Waals surface area contributed by atoms with E-state index in [9.17, 15) is 4.79 Å². The second kappa shape index (κ2) is 8.56.